The second-order valence-electron chi connectivity index (χ2n) is 5.03. The third-order valence-corrected chi connectivity index (χ3v) is 4.17. The third kappa shape index (κ3) is 6.20. The minimum atomic E-state index is -0.761. The van der Waals surface area contributed by atoms with Crippen LogP contribution in [0.5, 0.6) is 0 Å². The summed E-state index contributed by atoms with van der Waals surface area (Å²) in [6, 6.07) is 0. The number of carbonyl (C=O) groups is 2. The summed E-state index contributed by atoms with van der Waals surface area (Å²) in [5.41, 5.74) is 0.730. The van der Waals surface area contributed by atoms with Gasteiger partial charge in [0, 0.05) is 13.0 Å². The van der Waals surface area contributed by atoms with Crippen molar-refractivity contribution in [3.63, 3.8) is 0 Å². The summed E-state index contributed by atoms with van der Waals surface area (Å²) in [6.07, 6.45) is 4.37. The molecule has 118 valence electrons. The topological polar surface area (TPSA) is 92.2 Å². The molecular weight excluding hydrogens is 290 g/mol. The fourth-order valence-electron chi connectivity index (χ4n) is 2.25. The van der Waals surface area contributed by atoms with Gasteiger partial charge in [-0.05, 0) is 36.7 Å². The van der Waals surface area contributed by atoms with E-state index >= 15 is 0 Å². The maximum Gasteiger partial charge on any atom is 0.303 e. The summed E-state index contributed by atoms with van der Waals surface area (Å²) in [5.74, 6) is -0.546. The molecule has 1 heterocycles. The molecule has 7 heteroatoms. The van der Waals surface area contributed by atoms with Gasteiger partial charge in [0.1, 0.15) is 4.88 Å². The first kappa shape index (κ1) is 17.6. The van der Waals surface area contributed by atoms with Gasteiger partial charge >= 0.3 is 5.97 Å². The van der Waals surface area contributed by atoms with Crippen molar-refractivity contribution >= 4 is 23.4 Å². The van der Waals surface area contributed by atoms with Crippen molar-refractivity contribution in [1.29, 1.82) is 0 Å². The number of amides is 1. The van der Waals surface area contributed by atoms with Crippen LogP contribution in [-0.4, -0.2) is 33.1 Å². The average Bonchev–Trinajstić information content (AvgIpc) is 2.93. The Hall–Kier alpha value is -1.50. The minimum absolute atomic E-state index is 0.129. The zero-order valence-corrected chi connectivity index (χ0v) is 13.4. The standard InChI is InChI=1S/C14H23N3O3S/c1-3-5-10(6-7-12(18)19)8-9-15-14(20)13-11(4-2)16-17-21-13/h10H,3-9H2,1-2H3,(H,15,20)(H,18,19). The Labute approximate surface area is 129 Å². The number of aliphatic carboxylic acids is 1. The van der Waals surface area contributed by atoms with Crippen LogP contribution in [-0.2, 0) is 11.2 Å². The lowest BCUT2D eigenvalue weighted by atomic mass is 9.94. The number of nitrogens with one attached hydrogen (secondary N) is 1. The second-order valence-corrected chi connectivity index (χ2v) is 5.79. The van der Waals surface area contributed by atoms with E-state index in [1.165, 1.54) is 0 Å². The zero-order chi connectivity index (χ0) is 15.7. The van der Waals surface area contributed by atoms with Gasteiger partial charge in [0.2, 0.25) is 0 Å². The van der Waals surface area contributed by atoms with Gasteiger partial charge in [-0.1, -0.05) is 31.2 Å². The van der Waals surface area contributed by atoms with E-state index in [9.17, 15) is 9.59 Å². The summed E-state index contributed by atoms with van der Waals surface area (Å²) in [4.78, 5) is 23.2. The number of carboxylic acids is 1. The molecule has 2 N–H and O–H groups in total. The van der Waals surface area contributed by atoms with Crippen molar-refractivity contribution in [3.05, 3.63) is 10.6 Å². The molecule has 1 atom stereocenters. The summed E-state index contributed by atoms with van der Waals surface area (Å²) in [7, 11) is 0. The molecule has 1 aromatic rings. The number of aromatic nitrogens is 2. The molecule has 0 spiro atoms. The van der Waals surface area contributed by atoms with E-state index in [0.29, 0.717) is 30.2 Å². The normalized spacial score (nSPS) is 12.1. The highest BCUT2D eigenvalue weighted by molar-refractivity contribution is 7.08. The van der Waals surface area contributed by atoms with E-state index in [2.05, 4.69) is 21.8 Å². The van der Waals surface area contributed by atoms with E-state index in [1.54, 1.807) is 0 Å². The molecule has 1 amide bonds. The van der Waals surface area contributed by atoms with Crippen LogP contribution in [0.3, 0.4) is 0 Å². The molecule has 0 radical (unpaired) electrons. The van der Waals surface area contributed by atoms with Gasteiger partial charge in [-0.3, -0.25) is 9.59 Å². The van der Waals surface area contributed by atoms with Crippen molar-refractivity contribution in [2.75, 3.05) is 6.54 Å². The number of aryl methyl sites for hydroxylation is 1. The van der Waals surface area contributed by atoms with Crippen molar-refractivity contribution < 1.29 is 14.7 Å². The predicted molar refractivity (Wildman–Crippen MR) is 81.5 cm³/mol. The van der Waals surface area contributed by atoms with Gasteiger partial charge in [-0.2, -0.15) is 0 Å². The van der Waals surface area contributed by atoms with Crippen LogP contribution in [0.4, 0.5) is 0 Å². The fraction of sp³-hybridized carbons (Fsp3) is 0.714. The van der Waals surface area contributed by atoms with Crippen LogP contribution in [0.25, 0.3) is 0 Å². The Morgan fingerprint density at radius 1 is 1.29 bits per heavy atom. The quantitative estimate of drug-likeness (QED) is 0.692. The smallest absolute Gasteiger partial charge is 0.303 e. The zero-order valence-electron chi connectivity index (χ0n) is 12.6. The van der Waals surface area contributed by atoms with E-state index in [-0.39, 0.29) is 12.3 Å². The molecular formula is C14H23N3O3S. The third-order valence-electron chi connectivity index (χ3n) is 3.40. The van der Waals surface area contributed by atoms with E-state index < -0.39 is 5.97 Å². The highest BCUT2D eigenvalue weighted by Crippen LogP contribution is 2.17. The molecule has 0 aromatic carbocycles. The SMILES string of the molecule is CCCC(CCNC(=O)c1snnc1CC)CCC(=O)O. The highest BCUT2D eigenvalue weighted by Gasteiger charge is 2.15. The monoisotopic (exact) mass is 313 g/mol. The van der Waals surface area contributed by atoms with Crippen LogP contribution in [0.1, 0.15) is 61.3 Å². The van der Waals surface area contributed by atoms with E-state index in [4.69, 9.17) is 5.11 Å². The Morgan fingerprint density at radius 2 is 2.05 bits per heavy atom. The number of hydrogen-bond acceptors (Lipinski definition) is 5. The van der Waals surface area contributed by atoms with Crippen LogP contribution >= 0.6 is 11.5 Å². The van der Waals surface area contributed by atoms with Crippen molar-refractivity contribution in [2.24, 2.45) is 5.92 Å². The molecule has 6 nitrogen and oxygen atoms in total. The number of hydrogen-bond donors (Lipinski definition) is 2. The molecule has 0 fully saturated rings. The van der Waals surface area contributed by atoms with Gasteiger partial charge in [0.05, 0.1) is 5.69 Å². The summed E-state index contributed by atoms with van der Waals surface area (Å²) >= 11 is 1.11. The van der Waals surface area contributed by atoms with E-state index in [1.807, 2.05) is 6.92 Å². The molecule has 0 aliphatic rings. The molecule has 0 saturated carbocycles. The van der Waals surface area contributed by atoms with Crippen molar-refractivity contribution in [2.45, 2.75) is 52.4 Å². The number of rotatable bonds is 10. The summed E-state index contributed by atoms with van der Waals surface area (Å²) in [5, 5.41) is 15.5. The number of carbonyl (C=O) groups excluding carboxylic acids is 1. The van der Waals surface area contributed by atoms with Gasteiger partial charge in [0.25, 0.3) is 5.91 Å². The van der Waals surface area contributed by atoms with Gasteiger partial charge in [-0.25, -0.2) is 0 Å². The first-order valence-electron chi connectivity index (χ1n) is 7.39. The summed E-state index contributed by atoms with van der Waals surface area (Å²) in [6.45, 7) is 4.59. The van der Waals surface area contributed by atoms with Crippen LogP contribution < -0.4 is 5.32 Å². The Morgan fingerprint density at radius 3 is 2.67 bits per heavy atom. The van der Waals surface area contributed by atoms with Crippen molar-refractivity contribution in [3.8, 4) is 0 Å². The largest absolute Gasteiger partial charge is 0.481 e. The maximum absolute atomic E-state index is 12.0. The Balaban J connectivity index is 2.39. The molecule has 21 heavy (non-hydrogen) atoms. The molecule has 1 aromatic heterocycles. The number of nitrogens with zero attached hydrogens (tertiary/aromatic N) is 2. The molecule has 0 aliphatic carbocycles. The number of carboxylic acid groups (broad SMARTS) is 1. The van der Waals surface area contributed by atoms with Gasteiger partial charge in [0.15, 0.2) is 0 Å². The highest BCUT2D eigenvalue weighted by atomic mass is 32.1. The summed E-state index contributed by atoms with van der Waals surface area (Å²) < 4.78 is 3.80. The first-order chi connectivity index (χ1) is 10.1. The lowest BCUT2D eigenvalue weighted by Crippen LogP contribution is -2.26. The van der Waals surface area contributed by atoms with Crippen LogP contribution in [0, 0.1) is 5.92 Å². The Kier molecular flexibility index (Phi) is 7.89. The lowest BCUT2D eigenvalue weighted by molar-refractivity contribution is -0.137. The fourth-order valence-corrected chi connectivity index (χ4v) is 2.92. The van der Waals surface area contributed by atoms with Crippen molar-refractivity contribution in [1.82, 2.24) is 14.9 Å². The molecule has 0 saturated heterocycles. The minimum Gasteiger partial charge on any atom is -0.481 e. The van der Waals surface area contributed by atoms with E-state index in [0.717, 1.165) is 36.5 Å². The molecule has 0 aliphatic heterocycles. The van der Waals surface area contributed by atoms with Crippen LogP contribution in [0.2, 0.25) is 0 Å². The first-order valence-corrected chi connectivity index (χ1v) is 8.17. The Bertz CT molecular complexity index is 462. The second kappa shape index (κ2) is 9.44. The van der Waals surface area contributed by atoms with Gasteiger partial charge in [-0.15, -0.1) is 5.10 Å². The predicted octanol–water partition coefficient (Wildman–Crippen LogP) is 2.50. The maximum atomic E-state index is 12.0. The van der Waals surface area contributed by atoms with Crippen LogP contribution in [0.15, 0.2) is 0 Å². The lowest BCUT2D eigenvalue weighted by Gasteiger charge is -2.15. The molecule has 1 unspecified atom stereocenters. The molecule has 1 rings (SSSR count). The molecule has 0 bridgehead atoms. The average molecular weight is 313 g/mol. The van der Waals surface area contributed by atoms with Gasteiger partial charge < -0.3 is 10.4 Å².